The summed E-state index contributed by atoms with van der Waals surface area (Å²) < 4.78 is 29.1. The van der Waals surface area contributed by atoms with Crippen molar-refractivity contribution in [2.45, 2.75) is 92.3 Å². The number of para-hydroxylation sites is 1. The molecule has 0 aliphatic rings. The third-order valence-corrected chi connectivity index (χ3v) is 13.9. The summed E-state index contributed by atoms with van der Waals surface area (Å²) in [6.07, 6.45) is 1.86. The van der Waals surface area contributed by atoms with Gasteiger partial charge in [0.2, 0.25) is 0 Å². The van der Waals surface area contributed by atoms with Crippen molar-refractivity contribution < 1.29 is 30.3 Å². The van der Waals surface area contributed by atoms with Crippen molar-refractivity contribution in [2.75, 3.05) is 0 Å². The van der Waals surface area contributed by atoms with Crippen molar-refractivity contribution in [1.82, 2.24) is 14.5 Å². The van der Waals surface area contributed by atoms with Gasteiger partial charge in [-0.25, -0.2) is 4.98 Å². The zero-order valence-corrected chi connectivity index (χ0v) is 45.7. The van der Waals surface area contributed by atoms with Crippen LogP contribution in [0.3, 0.4) is 0 Å². The minimum Gasteiger partial charge on any atom is -0.507 e. The summed E-state index contributed by atoms with van der Waals surface area (Å²) in [5.41, 5.74) is 16.8. The Kier molecular flexibility index (Phi) is 12.7. The quantitative estimate of drug-likeness (QED) is 0.154. The first kappa shape index (κ1) is 46.9. The zero-order valence-electron chi connectivity index (χ0n) is 46.4. The Morgan fingerprint density at radius 3 is 1.77 bits per heavy atom. The fraction of sp³-hybridized carbons (Fsp3) is 0.206. The molecule has 368 valence electrons. The van der Waals surface area contributed by atoms with Gasteiger partial charge in [-0.3, -0.25) is 9.55 Å². The average Bonchev–Trinajstić information content (AvgIpc) is 3.79. The monoisotopic (exact) mass is 1140 g/mol. The third kappa shape index (κ3) is 10.2. The van der Waals surface area contributed by atoms with Gasteiger partial charge in [0.25, 0.3) is 0 Å². The van der Waals surface area contributed by atoms with E-state index in [-0.39, 0.29) is 43.2 Å². The third-order valence-electron chi connectivity index (χ3n) is 13.9. The van der Waals surface area contributed by atoms with Crippen molar-refractivity contribution in [3.05, 3.63) is 216 Å². The summed E-state index contributed by atoms with van der Waals surface area (Å²) in [7, 11) is 0. The molecule has 0 bridgehead atoms. The normalized spacial score (nSPS) is 12.8. The van der Waals surface area contributed by atoms with Crippen LogP contribution in [0.25, 0.3) is 95.0 Å². The van der Waals surface area contributed by atoms with E-state index in [4.69, 9.17) is 14.1 Å². The molecule has 10 aromatic rings. The number of benzene rings is 8. The van der Waals surface area contributed by atoms with E-state index in [1.54, 1.807) is 0 Å². The first-order valence-electron chi connectivity index (χ1n) is 26.4. The van der Waals surface area contributed by atoms with Gasteiger partial charge in [-0.2, -0.15) is 0 Å². The van der Waals surface area contributed by atoms with Crippen LogP contribution in [0, 0.1) is 19.8 Å². The molecule has 4 nitrogen and oxygen atoms in total. The van der Waals surface area contributed by atoms with Gasteiger partial charge in [-0.15, -0.1) is 23.8 Å². The molecule has 0 amide bonds. The van der Waals surface area contributed by atoms with Gasteiger partial charge in [0.1, 0.15) is 11.6 Å². The molecule has 1 N–H and O–H groups in total. The fourth-order valence-corrected chi connectivity index (χ4v) is 9.72. The second-order valence-corrected chi connectivity index (χ2v) is 22.3. The van der Waals surface area contributed by atoms with Crippen LogP contribution in [-0.4, -0.2) is 19.6 Å². The number of pyridine rings is 1. The minimum absolute atomic E-state index is 0. The van der Waals surface area contributed by atoms with Gasteiger partial charge in [-0.05, 0) is 110 Å². The molecule has 0 saturated heterocycles. The fourth-order valence-electron chi connectivity index (χ4n) is 9.72. The maximum atomic E-state index is 12.8. The Morgan fingerprint density at radius 1 is 0.507 bits per heavy atom. The molecule has 73 heavy (non-hydrogen) atoms. The molecule has 0 aliphatic heterocycles. The zero-order chi connectivity index (χ0) is 53.2. The van der Waals surface area contributed by atoms with Gasteiger partial charge in [0.15, 0.2) is 0 Å². The largest absolute Gasteiger partial charge is 0.507 e. The van der Waals surface area contributed by atoms with Crippen LogP contribution in [0.5, 0.6) is 5.75 Å². The predicted molar refractivity (Wildman–Crippen MR) is 303 cm³/mol. The number of imidazole rings is 1. The van der Waals surface area contributed by atoms with Crippen molar-refractivity contribution in [2.24, 2.45) is 0 Å². The first-order chi connectivity index (χ1) is 35.5. The van der Waals surface area contributed by atoms with E-state index in [0.717, 1.165) is 83.7 Å². The van der Waals surface area contributed by atoms with Gasteiger partial charge >= 0.3 is 0 Å². The van der Waals surface area contributed by atoms with E-state index in [1.807, 2.05) is 60.8 Å². The number of aromatic hydroxyl groups is 1. The Bertz CT molecular complexity index is 3750. The molecule has 5 heteroatoms. The molecule has 8 aromatic carbocycles. The van der Waals surface area contributed by atoms with E-state index in [9.17, 15) is 5.11 Å². The maximum absolute atomic E-state index is 12.8. The predicted octanol–water partition coefficient (Wildman–Crippen LogP) is 18.1. The van der Waals surface area contributed by atoms with E-state index >= 15 is 0 Å². The smallest absolute Gasteiger partial charge is 0.148 e. The van der Waals surface area contributed by atoms with Crippen LogP contribution < -0.4 is 0 Å². The second kappa shape index (κ2) is 19.7. The van der Waals surface area contributed by atoms with E-state index in [0.29, 0.717) is 28.0 Å². The van der Waals surface area contributed by atoms with Gasteiger partial charge < -0.3 is 5.11 Å². The van der Waals surface area contributed by atoms with Gasteiger partial charge in [0.05, 0.1) is 22.3 Å². The van der Waals surface area contributed by atoms with Crippen molar-refractivity contribution in [3.63, 3.8) is 0 Å². The molecular formula is C68H64N3OPt-. The molecule has 0 unspecified atom stereocenters. The maximum Gasteiger partial charge on any atom is 0.148 e. The molecule has 0 aliphatic carbocycles. The molecule has 0 saturated carbocycles. The molecule has 2 aromatic heterocycles. The van der Waals surface area contributed by atoms with Crippen LogP contribution in [0.15, 0.2) is 182 Å². The number of aromatic nitrogens is 3. The van der Waals surface area contributed by atoms with Crippen molar-refractivity contribution in [1.29, 1.82) is 0 Å². The summed E-state index contributed by atoms with van der Waals surface area (Å²) in [4.78, 5) is 10.7. The van der Waals surface area contributed by atoms with E-state index < -0.39 is 12.3 Å². The molecule has 0 spiro atoms. The van der Waals surface area contributed by atoms with Crippen LogP contribution in [0.2, 0.25) is 0 Å². The minimum atomic E-state index is -2.45. The standard InChI is InChI=1S/C68H64N3O.Pt/c1-43-25-27-46(28-26-43)49-33-34-69-60(39-49)52-37-50(45-19-14-12-15-20-45)36-51(38-52)55-23-18-24-61-63(55)70-65(58-40-54(67(6,7)8)41-59(64(58)72)68(9,10)11)71(61)62-42-56(47-21-16-13-17-22-47)44(2)35-57(62)48-29-31-53(32-30-48)66(3,4)5;/h12-37,39-42,72H,1-11H3;/q-1;/i2D3;. The Morgan fingerprint density at radius 2 is 1.12 bits per heavy atom. The first-order valence-corrected chi connectivity index (χ1v) is 24.9. The summed E-state index contributed by atoms with van der Waals surface area (Å²) >= 11 is 0. The number of hydrogen-bond donors (Lipinski definition) is 1. The number of phenols is 1. The van der Waals surface area contributed by atoms with Gasteiger partial charge in [0, 0.05) is 48.2 Å². The van der Waals surface area contributed by atoms with E-state index in [2.05, 4.69) is 201 Å². The summed E-state index contributed by atoms with van der Waals surface area (Å²) in [5, 5.41) is 12.8. The topological polar surface area (TPSA) is 50.9 Å². The Hall–Kier alpha value is -7.13. The van der Waals surface area contributed by atoms with Crippen LogP contribution in [0.1, 0.15) is 94.2 Å². The van der Waals surface area contributed by atoms with E-state index in [1.165, 1.54) is 5.56 Å². The van der Waals surface area contributed by atoms with Crippen LogP contribution >= 0.6 is 0 Å². The van der Waals surface area contributed by atoms with Gasteiger partial charge in [-0.1, -0.05) is 218 Å². The molecule has 0 fully saturated rings. The SMILES string of the molecule is [2H]C([2H])([2H])c1cc(-c2ccc(C(C)(C)C)cc2)c(-n2c(-c3cc(C(C)(C)C)cc(C(C)(C)C)c3O)nc3c(-c4[c-]c(-c5cc(-c6ccc(C)cc6)ccn5)cc(-c5ccccc5)c4)cccc32)cc1-c1ccccc1.[Pt]. The Balaban J connectivity index is 0.00000706. The molecular weight excluding hydrogens is 1070 g/mol. The van der Waals surface area contributed by atoms with Crippen molar-refractivity contribution in [3.8, 4) is 89.7 Å². The number of fused-ring (bicyclic) bond motifs is 1. The van der Waals surface area contributed by atoms with Crippen LogP contribution in [-0.2, 0) is 37.3 Å². The number of aryl methyl sites for hydroxylation is 2. The molecule has 10 rings (SSSR count). The number of phenolic OH excluding ortho intramolecular Hbond substituents is 1. The van der Waals surface area contributed by atoms with Crippen molar-refractivity contribution >= 4 is 11.0 Å². The number of hydrogen-bond acceptors (Lipinski definition) is 3. The number of nitrogens with zero attached hydrogens (tertiary/aromatic N) is 3. The number of rotatable bonds is 8. The Labute approximate surface area is 451 Å². The molecule has 0 radical (unpaired) electrons. The average molecular weight is 1140 g/mol. The second-order valence-electron chi connectivity index (χ2n) is 22.3. The molecule has 0 atom stereocenters. The van der Waals surface area contributed by atoms with Crippen LogP contribution in [0.4, 0.5) is 0 Å². The summed E-state index contributed by atoms with van der Waals surface area (Å²) in [5.74, 6) is 0.665. The summed E-state index contributed by atoms with van der Waals surface area (Å²) in [6.45, 7) is 19.1. The summed E-state index contributed by atoms with van der Waals surface area (Å²) in [6, 6.07) is 63.7. The molecule has 2 heterocycles.